The Balaban J connectivity index is 1.90. The Kier molecular flexibility index (Phi) is 5.95. The van der Waals surface area contributed by atoms with Crippen LogP contribution in [0, 0.1) is 0 Å². The van der Waals surface area contributed by atoms with E-state index in [1.165, 1.54) is 16.0 Å². The second-order valence-electron chi connectivity index (χ2n) is 6.65. The lowest BCUT2D eigenvalue weighted by Gasteiger charge is -2.12. The van der Waals surface area contributed by atoms with Gasteiger partial charge in [-0.3, -0.25) is 14.9 Å². The topological polar surface area (TPSA) is 89.8 Å². The predicted octanol–water partition coefficient (Wildman–Crippen LogP) is 3.81. The van der Waals surface area contributed by atoms with Crippen molar-refractivity contribution in [2.75, 3.05) is 5.32 Å². The first-order valence-electron chi connectivity index (χ1n) is 9.16. The van der Waals surface area contributed by atoms with Crippen LogP contribution in [-0.2, 0) is 6.42 Å². The quantitative estimate of drug-likeness (QED) is 0.625. The highest BCUT2D eigenvalue weighted by Gasteiger charge is 2.19. The van der Waals surface area contributed by atoms with Crippen LogP contribution in [0.2, 0.25) is 0 Å². The van der Waals surface area contributed by atoms with Gasteiger partial charge in [-0.15, -0.1) is 10.2 Å². The van der Waals surface area contributed by atoms with Crippen molar-refractivity contribution in [3.63, 3.8) is 0 Å². The van der Waals surface area contributed by atoms with Gasteiger partial charge in [-0.25, -0.2) is 4.68 Å². The maximum Gasteiger partial charge on any atom is 0.278 e. The number of nitrogens with zero attached hydrogens (tertiary/aromatic N) is 4. The van der Waals surface area contributed by atoms with E-state index >= 15 is 0 Å². The molecule has 0 spiro atoms. The zero-order chi connectivity index (χ0) is 19.4. The van der Waals surface area contributed by atoms with Crippen LogP contribution in [0.15, 0.2) is 29.1 Å². The molecule has 0 unspecified atom stereocenters. The van der Waals surface area contributed by atoms with Crippen LogP contribution < -0.4 is 10.9 Å². The summed E-state index contributed by atoms with van der Waals surface area (Å²) in [6, 6.07) is 6.87. The second-order valence-corrected chi connectivity index (χ2v) is 7.71. The summed E-state index contributed by atoms with van der Waals surface area (Å²) >= 11 is 1.37. The van der Waals surface area contributed by atoms with Gasteiger partial charge in [-0.2, -0.15) is 5.10 Å². The minimum atomic E-state index is -0.392. The van der Waals surface area contributed by atoms with Crippen molar-refractivity contribution in [1.29, 1.82) is 0 Å². The van der Waals surface area contributed by atoms with E-state index in [-0.39, 0.29) is 17.3 Å². The lowest BCUT2D eigenvalue weighted by Crippen LogP contribution is -2.28. The van der Waals surface area contributed by atoms with E-state index in [1.807, 2.05) is 13.8 Å². The Bertz CT molecular complexity index is 1010. The molecule has 1 amide bonds. The molecule has 0 aliphatic heterocycles. The van der Waals surface area contributed by atoms with E-state index < -0.39 is 5.91 Å². The van der Waals surface area contributed by atoms with Gasteiger partial charge in [-0.05, 0) is 26.3 Å². The highest BCUT2D eigenvalue weighted by atomic mass is 32.1. The van der Waals surface area contributed by atoms with E-state index in [0.717, 1.165) is 30.7 Å². The van der Waals surface area contributed by atoms with Crippen molar-refractivity contribution < 1.29 is 4.79 Å². The molecule has 0 aliphatic rings. The molecule has 0 saturated carbocycles. The molecule has 3 aromatic rings. The standard InChI is InChI=1S/C19H23N5O2S/c1-4-5-6-11-15-21-22-19(27-15)20-17(25)16-13-9-7-8-10-14(13)18(26)24(23-16)12(2)3/h7-10,12H,4-6,11H2,1-3H3,(H,20,22,25). The van der Waals surface area contributed by atoms with Crippen molar-refractivity contribution in [1.82, 2.24) is 20.0 Å². The van der Waals surface area contributed by atoms with Gasteiger partial charge in [0.25, 0.3) is 11.5 Å². The number of unbranched alkanes of at least 4 members (excludes halogenated alkanes) is 2. The summed E-state index contributed by atoms with van der Waals surface area (Å²) in [6.45, 7) is 5.87. The fourth-order valence-corrected chi connectivity index (χ4v) is 3.59. The first-order chi connectivity index (χ1) is 13.0. The fourth-order valence-electron chi connectivity index (χ4n) is 2.81. The molecule has 0 saturated heterocycles. The summed E-state index contributed by atoms with van der Waals surface area (Å²) in [6.07, 6.45) is 4.21. The van der Waals surface area contributed by atoms with Crippen molar-refractivity contribution in [2.45, 2.75) is 52.5 Å². The number of hydrogen-bond donors (Lipinski definition) is 1. The third kappa shape index (κ3) is 4.21. The number of fused-ring (bicyclic) bond motifs is 1. The maximum atomic E-state index is 12.8. The number of amides is 1. The molecule has 0 bridgehead atoms. The van der Waals surface area contributed by atoms with Gasteiger partial charge in [0.15, 0.2) is 5.69 Å². The zero-order valence-electron chi connectivity index (χ0n) is 15.7. The molecule has 1 N–H and O–H groups in total. The number of carbonyl (C=O) groups is 1. The first kappa shape index (κ1) is 19.2. The van der Waals surface area contributed by atoms with Crippen LogP contribution in [0.3, 0.4) is 0 Å². The molecule has 2 heterocycles. The monoisotopic (exact) mass is 385 g/mol. The Labute approximate surface area is 161 Å². The normalized spacial score (nSPS) is 11.3. The highest BCUT2D eigenvalue weighted by Crippen LogP contribution is 2.20. The zero-order valence-corrected chi connectivity index (χ0v) is 16.5. The van der Waals surface area contributed by atoms with Gasteiger partial charge in [0.1, 0.15) is 5.01 Å². The molecule has 7 nitrogen and oxygen atoms in total. The van der Waals surface area contributed by atoms with Crippen LogP contribution in [0.4, 0.5) is 5.13 Å². The summed E-state index contributed by atoms with van der Waals surface area (Å²) in [5, 5.41) is 17.6. The Morgan fingerprint density at radius 2 is 1.93 bits per heavy atom. The summed E-state index contributed by atoms with van der Waals surface area (Å²) in [7, 11) is 0. The lowest BCUT2D eigenvalue weighted by atomic mass is 10.1. The van der Waals surface area contributed by atoms with Crippen LogP contribution >= 0.6 is 11.3 Å². The van der Waals surface area contributed by atoms with Crippen LogP contribution in [0.25, 0.3) is 10.8 Å². The van der Waals surface area contributed by atoms with Crippen molar-refractivity contribution in [3.8, 4) is 0 Å². The van der Waals surface area contributed by atoms with E-state index in [9.17, 15) is 9.59 Å². The second kappa shape index (κ2) is 8.39. The minimum Gasteiger partial charge on any atom is -0.295 e. The number of benzene rings is 1. The van der Waals surface area contributed by atoms with Crippen LogP contribution in [-0.4, -0.2) is 25.9 Å². The van der Waals surface area contributed by atoms with Crippen LogP contribution in [0.5, 0.6) is 0 Å². The number of carbonyl (C=O) groups excluding carboxylic acids is 1. The summed E-state index contributed by atoms with van der Waals surface area (Å²) in [5.41, 5.74) is 0.00732. The molecular formula is C19H23N5O2S. The number of rotatable bonds is 7. The van der Waals surface area contributed by atoms with Crippen LogP contribution in [0.1, 0.15) is 61.6 Å². The third-order valence-electron chi connectivity index (χ3n) is 4.21. The fraction of sp³-hybridized carbons (Fsp3) is 0.421. The number of hydrogen-bond acceptors (Lipinski definition) is 6. The summed E-state index contributed by atoms with van der Waals surface area (Å²) in [4.78, 5) is 25.4. The molecule has 142 valence electrons. The first-order valence-corrected chi connectivity index (χ1v) is 9.98. The van der Waals surface area contributed by atoms with E-state index in [1.54, 1.807) is 24.3 Å². The van der Waals surface area contributed by atoms with Crippen molar-refractivity contribution in [2.24, 2.45) is 0 Å². The molecule has 2 aromatic heterocycles. The van der Waals surface area contributed by atoms with Gasteiger partial charge in [0, 0.05) is 11.8 Å². The minimum absolute atomic E-state index is 0.152. The van der Waals surface area contributed by atoms with E-state index in [2.05, 4.69) is 27.5 Å². The smallest absolute Gasteiger partial charge is 0.278 e. The summed E-state index contributed by atoms with van der Waals surface area (Å²) in [5.74, 6) is -0.392. The maximum absolute atomic E-state index is 12.8. The van der Waals surface area contributed by atoms with Gasteiger partial charge < -0.3 is 0 Å². The number of aryl methyl sites for hydroxylation is 1. The molecule has 1 aromatic carbocycles. The van der Waals surface area contributed by atoms with E-state index in [4.69, 9.17) is 0 Å². The molecule has 0 radical (unpaired) electrons. The molecule has 3 rings (SSSR count). The molecule has 0 atom stereocenters. The largest absolute Gasteiger partial charge is 0.295 e. The van der Waals surface area contributed by atoms with Gasteiger partial charge in [0.05, 0.1) is 11.4 Å². The SMILES string of the molecule is CCCCCc1nnc(NC(=O)c2nn(C(C)C)c(=O)c3ccccc23)s1. The molecular weight excluding hydrogens is 362 g/mol. The van der Waals surface area contributed by atoms with E-state index in [0.29, 0.717) is 15.9 Å². The molecule has 27 heavy (non-hydrogen) atoms. The Morgan fingerprint density at radius 3 is 2.63 bits per heavy atom. The Hall–Kier alpha value is -2.61. The van der Waals surface area contributed by atoms with Crippen molar-refractivity contribution in [3.05, 3.63) is 45.3 Å². The highest BCUT2D eigenvalue weighted by molar-refractivity contribution is 7.15. The van der Waals surface area contributed by atoms with Gasteiger partial charge in [-0.1, -0.05) is 49.3 Å². The molecule has 0 fully saturated rings. The third-order valence-corrected chi connectivity index (χ3v) is 5.11. The predicted molar refractivity (Wildman–Crippen MR) is 107 cm³/mol. The number of anilines is 1. The average molecular weight is 385 g/mol. The van der Waals surface area contributed by atoms with Gasteiger partial charge in [0.2, 0.25) is 5.13 Å². The summed E-state index contributed by atoms with van der Waals surface area (Å²) < 4.78 is 1.34. The average Bonchev–Trinajstić information content (AvgIpc) is 3.09. The van der Waals surface area contributed by atoms with Crippen molar-refractivity contribution >= 4 is 33.1 Å². The Morgan fingerprint density at radius 1 is 1.19 bits per heavy atom. The number of aromatic nitrogens is 4. The molecule has 0 aliphatic carbocycles. The van der Waals surface area contributed by atoms with Gasteiger partial charge >= 0.3 is 0 Å². The molecule has 8 heteroatoms. The number of nitrogens with one attached hydrogen (secondary N) is 1. The lowest BCUT2D eigenvalue weighted by molar-refractivity contribution is 0.102.